The molecule has 4 rings (SSSR count). The van der Waals surface area contributed by atoms with Crippen molar-refractivity contribution in [2.24, 2.45) is 21.3 Å². The van der Waals surface area contributed by atoms with Crippen molar-refractivity contribution < 1.29 is 14.1 Å². The van der Waals surface area contributed by atoms with Crippen molar-refractivity contribution in [1.29, 1.82) is 0 Å². The van der Waals surface area contributed by atoms with E-state index >= 15 is 0 Å². The lowest BCUT2D eigenvalue weighted by atomic mass is 9.99. The number of carbonyl (C=O) groups excluding carboxylic acids is 1. The van der Waals surface area contributed by atoms with Crippen LogP contribution in [0.1, 0.15) is 75.0 Å². The van der Waals surface area contributed by atoms with E-state index in [1.807, 2.05) is 0 Å². The largest absolute Gasteiger partial charge is 0.386 e. The quantitative estimate of drug-likeness (QED) is 0.578. The van der Waals surface area contributed by atoms with E-state index in [0.29, 0.717) is 23.3 Å². The number of nitrogens with one attached hydrogen (secondary N) is 1. The molecule has 0 radical (unpaired) electrons. The van der Waals surface area contributed by atoms with Gasteiger partial charge in [-0.3, -0.25) is 4.98 Å². The van der Waals surface area contributed by atoms with Crippen LogP contribution in [0.25, 0.3) is 0 Å². The summed E-state index contributed by atoms with van der Waals surface area (Å²) < 4.78 is 17.2. The number of aryl methyl sites for hydroxylation is 1. The zero-order valence-electron chi connectivity index (χ0n) is 19.3. The van der Waals surface area contributed by atoms with Gasteiger partial charge >= 0.3 is 6.03 Å². The summed E-state index contributed by atoms with van der Waals surface area (Å²) in [7, 11) is -3.43. The van der Waals surface area contributed by atoms with E-state index in [0.717, 1.165) is 65.2 Å². The van der Waals surface area contributed by atoms with Crippen molar-refractivity contribution in [3.63, 3.8) is 0 Å². The Bertz CT molecular complexity index is 1180. The first-order valence-corrected chi connectivity index (χ1v) is 13.6. The van der Waals surface area contributed by atoms with Crippen LogP contribution in [0, 0.1) is 11.8 Å². The number of carbonyl (C=O) groups is 1. The average molecular weight is 477 g/mol. The van der Waals surface area contributed by atoms with Gasteiger partial charge in [-0.15, -0.1) is 15.7 Å². The minimum Gasteiger partial charge on any atom is -0.386 e. The predicted octanol–water partition coefficient (Wildman–Crippen LogP) is 4.72. The third-order valence-electron chi connectivity index (χ3n) is 6.87. The highest BCUT2D eigenvalue weighted by Crippen LogP contribution is 2.55. The van der Waals surface area contributed by atoms with E-state index in [-0.39, 0.29) is 4.21 Å². The molecule has 1 saturated carbocycles. The Balaban J connectivity index is 1.69. The third kappa shape index (κ3) is 4.23. The number of urea groups is 1. The van der Waals surface area contributed by atoms with Crippen molar-refractivity contribution in [3.05, 3.63) is 39.5 Å². The monoisotopic (exact) mass is 476 g/mol. The number of hydrogen-bond acceptors (Lipinski definition) is 5. The molecule has 2 unspecified atom stereocenters. The van der Waals surface area contributed by atoms with Crippen LogP contribution in [-0.2, 0) is 34.8 Å². The summed E-state index contributed by atoms with van der Waals surface area (Å²) in [6.45, 7) is 9.82. The normalized spacial score (nSPS) is 24.0. The Morgan fingerprint density at radius 3 is 2.62 bits per heavy atom. The zero-order chi connectivity index (χ0) is 23.4. The summed E-state index contributed by atoms with van der Waals surface area (Å²) in [5.41, 5.74) is 4.55. The Kier molecular flexibility index (Phi) is 5.98. The molecule has 1 fully saturated rings. The molecule has 2 aliphatic carbocycles. The standard InChI is InChI=1S/C23H32N4O3S2/c1-6-15-20(16-8-7-9-17(16)25-21(15)19-12(2)13(19)3)26-22(28)27-32(24,30)18-10-14(11-31-18)23(4,5)29/h10-13,19,29H,6-9H2,1-5H3,(H3,24,25,26,27,28,30)/t12-,13+,19?,32?. The third-order valence-corrected chi connectivity index (χ3v) is 9.73. The maximum atomic E-state index is 13.1. The Morgan fingerprint density at radius 1 is 1.38 bits per heavy atom. The lowest BCUT2D eigenvalue weighted by Crippen LogP contribution is -2.19. The van der Waals surface area contributed by atoms with Gasteiger partial charge in [-0.1, -0.05) is 20.8 Å². The number of hydrogen-bond donors (Lipinski definition) is 3. The van der Waals surface area contributed by atoms with Gasteiger partial charge in [0.1, 0.15) is 4.21 Å². The van der Waals surface area contributed by atoms with E-state index < -0.39 is 21.5 Å². The van der Waals surface area contributed by atoms with Crippen LogP contribution in [0.5, 0.6) is 0 Å². The van der Waals surface area contributed by atoms with E-state index in [9.17, 15) is 14.1 Å². The second-order valence-electron chi connectivity index (χ2n) is 9.53. The van der Waals surface area contributed by atoms with Gasteiger partial charge in [0.2, 0.25) is 0 Å². The second-order valence-corrected chi connectivity index (χ2v) is 12.5. The van der Waals surface area contributed by atoms with Crippen LogP contribution in [0.2, 0.25) is 0 Å². The summed E-state index contributed by atoms with van der Waals surface area (Å²) in [6.07, 6.45) is 3.52. The Hall–Kier alpha value is -1.81. The minimum absolute atomic E-state index is 0.266. The van der Waals surface area contributed by atoms with Crippen molar-refractivity contribution in [2.75, 3.05) is 5.32 Å². The molecule has 0 spiro atoms. The molecule has 2 amide bonds. The first kappa shape index (κ1) is 23.4. The number of amides is 2. The number of nitrogens with zero attached hydrogens (tertiary/aromatic N) is 2. The van der Waals surface area contributed by atoms with Gasteiger partial charge < -0.3 is 10.4 Å². The van der Waals surface area contributed by atoms with Crippen molar-refractivity contribution >= 4 is 33.0 Å². The molecule has 174 valence electrons. The van der Waals surface area contributed by atoms with Crippen LogP contribution >= 0.6 is 11.3 Å². The highest BCUT2D eigenvalue weighted by molar-refractivity contribution is 7.93. The molecular formula is C23H32N4O3S2. The molecule has 4 atom stereocenters. The van der Waals surface area contributed by atoms with Crippen LogP contribution in [-0.4, -0.2) is 20.3 Å². The van der Waals surface area contributed by atoms with E-state index in [2.05, 4.69) is 30.5 Å². The van der Waals surface area contributed by atoms with Crippen molar-refractivity contribution in [3.8, 4) is 0 Å². The Morgan fingerprint density at radius 2 is 2.06 bits per heavy atom. The molecule has 2 heterocycles. The molecule has 7 nitrogen and oxygen atoms in total. The fourth-order valence-electron chi connectivity index (χ4n) is 4.68. The van der Waals surface area contributed by atoms with Gasteiger partial charge in [0.05, 0.1) is 11.3 Å². The molecule has 2 aliphatic rings. The van der Waals surface area contributed by atoms with E-state index in [1.165, 1.54) is 0 Å². The molecule has 0 aliphatic heterocycles. The lowest BCUT2D eigenvalue weighted by molar-refractivity contribution is 0.0789. The number of aromatic nitrogens is 1. The number of aliphatic hydroxyl groups is 1. The van der Waals surface area contributed by atoms with E-state index in [1.54, 1.807) is 25.3 Å². The van der Waals surface area contributed by atoms with Crippen LogP contribution < -0.4 is 10.5 Å². The molecule has 0 aromatic carbocycles. The smallest absolute Gasteiger partial charge is 0.354 e. The zero-order valence-corrected chi connectivity index (χ0v) is 20.9. The minimum atomic E-state index is -3.43. The van der Waals surface area contributed by atoms with Crippen LogP contribution in [0.15, 0.2) is 20.0 Å². The molecular weight excluding hydrogens is 444 g/mol. The molecule has 0 saturated heterocycles. The van der Waals surface area contributed by atoms with Crippen LogP contribution in [0.3, 0.4) is 0 Å². The number of rotatable bonds is 5. The number of pyridine rings is 1. The van der Waals surface area contributed by atoms with Crippen molar-refractivity contribution in [2.45, 2.75) is 76.0 Å². The first-order chi connectivity index (χ1) is 14.9. The molecule has 4 N–H and O–H groups in total. The molecule has 32 heavy (non-hydrogen) atoms. The van der Waals surface area contributed by atoms with Crippen LogP contribution in [0.4, 0.5) is 10.5 Å². The number of fused-ring (bicyclic) bond motifs is 1. The fourth-order valence-corrected chi connectivity index (χ4v) is 6.96. The average Bonchev–Trinajstić information content (AvgIpc) is 3.16. The number of thiophene rings is 1. The SMILES string of the molecule is CCc1c(C2[C@@H](C)[C@H]2C)nc2c(c1NC(=O)N=S(N)(=O)c1cc(C(C)(C)O)cs1)CCC2. The lowest BCUT2D eigenvalue weighted by Gasteiger charge is -2.18. The summed E-state index contributed by atoms with van der Waals surface area (Å²) >= 11 is 1.13. The maximum absolute atomic E-state index is 13.1. The summed E-state index contributed by atoms with van der Waals surface area (Å²) in [6, 6.07) is 0.841. The van der Waals surface area contributed by atoms with Gasteiger partial charge in [-0.05, 0) is 79.5 Å². The maximum Gasteiger partial charge on any atom is 0.354 e. The molecule has 0 bridgehead atoms. The summed E-state index contributed by atoms with van der Waals surface area (Å²) in [4.78, 5) is 17.9. The summed E-state index contributed by atoms with van der Waals surface area (Å²) in [5.74, 6) is 1.56. The molecule has 2 aromatic rings. The topological polar surface area (TPSA) is 118 Å². The summed E-state index contributed by atoms with van der Waals surface area (Å²) in [5, 5.41) is 20.7. The van der Waals surface area contributed by atoms with E-state index in [4.69, 9.17) is 10.1 Å². The molecule has 2 aromatic heterocycles. The van der Waals surface area contributed by atoms with Gasteiger partial charge in [0, 0.05) is 17.3 Å². The number of anilines is 1. The van der Waals surface area contributed by atoms with Gasteiger partial charge in [-0.25, -0.2) is 14.1 Å². The van der Waals surface area contributed by atoms with Gasteiger partial charge in [0.15, 0.2) is 9.92 Å². The first-order valence-electron chi connectivity index (χ1n) is 11.2. The van der Waals surface area contributed by atoms with Gasteiger partial charge in [0.25, 0.3) is 0 Å². The van der Waals surface area contributed by atoms with Crippen molar-refractivity contribution in [1.82, 2.24) is 4.98 Å². The highest BCUT2D eigenvalue weighted by Gasteiger charge is 2.46. The fraction of sp³-hybridized carbons (Fsp3) is 0.565. The highest BCUT2D eigenvalue weighted by atomic mass is 32.2. The predicted molar refractivity (Wildman–Crippen MR) is 128 cm³/mol. The number of nitrogens with two attached hydrogens (primary N) is 1. The second kappa shape index (κ2) is 8.20. The van der Waals surface area contributed by atoms with Gasteiger partial charge in [-0.2, -0.15) is 0 Å². The molecule has 9 heteroatoms. The Labute approximate surface area is 194 Å².